The van der Waals surface area contributed by atoms with E-state index in [0.29, 0.717) is 0 Å². The van der Waals surface area contributed by atoms with Crippen LogP contribution in [0.4, 0.5) is 0 Å². The van der Waals surface area contributed by atoms with Crippen molar-refractivity contribution < 1.29 is 4.43 Å². The summed E-state index contributed by atoms with van der Waals surface area (Å²) in [6.45, 7) is 8.62. The average Bonchev–Trinajstić information content (AvgIpc) is 2.03. The van der Waals surface area contributed by atoms with E-state index in [-0.39, 0.29) is 5.60 Å². The van der Waals surface area contributed by atoms with Crippen LogP contribution >= 0.6 is 0 Å². The summed E-state index contributed by atoms with van der Waals surface area (Å²) >= 11 is 0. The fourth-order valence-corrected chi connectivity index (χ4v) is 12.1. The van der Waals surface area contributed by atoms with Gasteiger partial charge >= 0.3 is 0 Å². The highest BCUT2D eigenvalue weighted by molar-refractivity contribution is 7.45. The summed E-state index contributed by atoms with van der Waals surface area (Å²) in [6.07, 6.45) is 12.3. The first-order valence-electron chi connectivity index (χ1n) is 4.94. The summed E-state index contributed by atoms with van der Waals surface area (Å²) in [4.78, 5) is 0. The maximum atomic E-state index is 6.17. The Balaban J connectivity index is 3.07. The highest BCUT2D eigenvalue weighted by atomic mass is 29.3. The van der Waals surface area contributed by atoms with Gasteiger partial charge in [0.05, 0.1) is 5.60 Å². The second kappa shape index (κ2) is 3.27. The van der Waals surface area contributed by atoms with Crippen LogP contribution in [0.25, 0.3) is 0 Å². The molecule has 0 aliphatic carbocycles. The Bertz CT molecular complexity index is 303. The molecule has 1 fully saturated rings. The third-order valence-corrected chi connectivity index (χ3v) is 16.3. The van der Waals surface area contributed by atoms with Gasteiger partial charge in [0.2, 0.25) is 15.4 Å². The van der Waals surface area contributed by atoms with Crippen molar-refractivity contribution in [2.45, 2.75) is 45.0 Å². The zero-order valence-corrected chi connectivity index (χ0v) is 11.5. The molecule has 0 unspecified atom stereocenters. The lowest BCUT2D eigenvalue weighted by Gasteiger charge is -2.47. The molecule has 3 heteroatoms. The molecule has 0 N–H and O–H groups in total. The molecule has 1 saturated heterocycles. The van der Waals surface area contributed by atoms with Gasteiger partial charge in [-0.1, -0.05) is 0 Å². The predicted octanol–water partition coefficient (Wildman–Crippen LogP) is 2.26. The average molecular weight is 222 g/mol. The smallest absolute Gasteiger partial charge is 0.235 e. The number of terminal acetylenes is 2. The molecule has 76 valence electrons. The lowest BCUT2D eigenvalue weighted by atomic mass is 10.1. The van der Waals surface area contributed by atoms with Crippen molar-refractivity contribution >= 4 is 15.4 Å². The summed E-state index contributed by atoms with van der Waals surface area (Å²) in [6, 6.07) is 1.03. The maximum absolute atomic E-state index is 6.17. The molecular formula is C11H18OSi2. The molecule has 1 heterocycles. The molecule has 0 bridgehead atoms. The van der Waals surface area contributed by atoms with Gasteiger partial charge in [0.25, 0.3) is 0 Å². The zero-order chi connectivity index (χ0) is 11.0. The Morgan fingerprint density at radius 2 is 1.71 bits per heavy atom. The second-order valence-electron chi connectivity index (χ2n) is 5.07. The van der Waals surface area contributed by atoms with Crippen LogP contribution in [0.2, 0.25) is 19.1 Å². The minimum absolute atomic E-state index is 0.0279. The Morgan fingerprint density at radius 3 is 2.07 bits per heavy atom. The van der Waals surface area contributed by atoms with Crippen molar-refractivity contribution in [2.24, 2.45) is 0 Å². The van der Waals surface area contributed by atoms with Crippen molar-refractivity contribution in [2.75, 3.05) is 0 Å². The summed E-state index contributed by atoms with van der Waals surface area (Å²) in [5, 5.41) is 0. The van der Waals surface area contributed by atoms with Crippen LogP contribution < -0.4 is 0 Å². The van der Waals surface area contributed by atoms with Gasteiger partial charge in [-0.2, -0.15) is 0 Å². The van der Waals surface area contributed by atoms with Crippen LogP contribution in [0.3, 0.4) is 0 Å². The van der Waals surface area contributed by atoms with E-state index >= 15 is 0 Å². The van der Waals surface area contributed by atoms with Gasteiger partial charge < -0.3 is 4.43 Å². The largest absolute Gasteiger partial charge is 0.413 e. The molecule has 0 saturated carbocycles. The van der Waals surface area contributed by atoms with Crippen LogP contribution in [0.15, 0.2) is 0 Å². The first-order chi connectivity index (χ1) is 6.29. The van der Waals surface area contributed by atoms with Crippen molar-refractivity contribution in [1.82, 2.24) is 0 Å². The SMILES string of the molecule is C#C[Si]1(C#C)CCC(C)(C)O[Si]1(C)C. The van der Waals surface area contributed by atoms with E-state index in [0.717, 1.165) is 12.5 Å². The molecule has 14 heavy (non-hydrogen) atoms. The van der Waals surface area contributed by atoms with Crippen LogP contribution in [0.5, 0.6) is 0 Å². The molecule has 0 aromatic carbocycles. The summed E-state index contributed by atoms with van der Waals surface area (Å²) in [5.74, 6) is 0. The normalized spacial score (nSPS) is 27.3. The van der Waals surface area contributed by atoms with Gasteiger partial charge in [-0.25, -0.2) is 0 Å². The third-order valence-electron chi connectivity index (χ3n) is 3.15. The Labute approximate surface area is 89.2 Å². The fraction of sp³-hybridized carbons (Fsp3) is 0.636. The van der Waals surface area contributed by atoms with Crippen LogP contribution in [-0.2, 0) is 4.43 Å². The van der Waals surface area contributed by atoms with Gasteiger partial charge in [-0.15, -0.1) is 23.9 Å². The molecule has 1 nitrogen and oxygen atoms in total. The Kier molecular flexibility index (Phi) is 2.71. The molecule has 1 rings (SSSR count). The lowest BCUT2D eigenvalue weighted by molar-refractivity contribution is 0.0941. The predicted molar refractivity (Wildman–Crippen MR) is 65.5 cm³/mol. The van der Waals surface area contributed by atoms with Gasteiger partial charge in [0.1, 0.15) is 0 Å². The third kappa shape index (κ3) is 1.68. The van der Waals surface area contributed by atoms with Gasteiger partial charge in [-0.3, -0.25) is 0 Å². The molecule has 0 amide bonds. The highest BCUT2D eigenvalue weighted by Gasteiger charge is 2.55. The van der Waals surface area contributed by atoms with E-state index in [1.807, 2.05) is 0 Å². The summed E-state index contributed by atoms with van der Waals surface area (Å²) < 4.78 is 6.17. The first-order valence-corrected chi connectivity index (χ1v) is 11.1. The number of rotatable bonds is 0. The number of hydrogen-bond donors (Lipinski definition) is 0. The van der Waals surface area contributed by atoms with E-state index in [1.165, 1.54) is 0 Å². The molecule has 0 aromatic heterocycles. The standard InChI is InChI=1S/C11H18OSi2/c1-7-14(8-2)10-9-11(3,4)12-13(14,5)6/h1-2H,9-10H2,3-6H3. The van der Waals surface area contributed by atoms with Crippen LogP contribution in [0, 0.1) is 23.9 Å². The minimum atomic E-state index is -1.97. The van der Waals surface area contributed by atoms with E-state index in [2.05, 4.69) is 38.0 Å². The van der Waals surface area contributed by atoms with Crippen molar-refractivity contribution in [3.63, 3.8) is 0 Å². The van der Waals surface area contributed by atoms with Gasteiger partial charge in [0, 0.05) is 0 Å². The van der Waals surface area contributed by atoms with Crippen LogP contribution in [-0.4, -0.2) is 21.0 Å². The maximum Gasteiger partial charge on any atom is 0.235 e. The monoisotopic (exact) mass is 222 g/mol. The molecule has 0 spiro atoms. The van der Waals surface area contributed by atoms with Gasteiger partial charge in [0.15, 0.2) is 0 Å². The molecule has 0 atom stereocenters. The highest BCUT2D eigenvalue weighted by Crippen LogP contribution is 2.37. The molecule has 0 aromatic rings. The van der Waals surface area contributed by atoms with Gasteiger partial charge in [-0.05, 0) is 39.4 Å². The fourth-order valence-electron chi connectivity index (χ4n) is 2.15. The molecular weight excluding hydrogens is 204 g/mol. The van der Waals surface area contributed by atoms with E-state index in [4.69, 9.17) is 17.3 Å². The van der Waals surface area contributed by atoms with E-state index in [9.17, 15) is 0 Å². The van der Waals surface area contributed by atoms with E-state index in [1.54, 1.807) is 0 Å². The Morgan fingerprint density at radius 1 is 1.21 bits per heavy atom. The van der Waals surface area contributed by atoms with Crippen molar-refractivity contribution in [3.05, 3.63) is 0 Å². The lowest BCUT2D eigenvalue weighted by Crippen LogP contribution is -2.66. The topological polar surface area (TPSA) is 9.23 Å². The van der Waals surface area contributed by atoms with Crippen LogP contribution in [0.1, 0.15) is 20.3 Å². The molecule has 0 radical (unpaired) electrons. The Hall–Kier alpha value is -0.486. The molecule has 1 aliphatic rings. The van der Waals surface area contributed by atoms with Crippen molar-refractivity contribution in [1.29, 1.82) is 0 Å². The van der Waals surface area contributed by atoms with E-state index < -0.39 is 15.4 Å². The second-order valence-corrected chi connectivity index (χ2v) is 17.4. The van der Waals surface area contributed by atoms with Crippen molar-refractivity contribution in [3.8, 4) is 23.9 Å². The summed E-state index contributed by atoms with van der Waals surface area (Å²) in [5.41, 5.74) is 5.84. The first kappa shape index (κ1) is 11.6. The number of hydrogen-bond acceptors (Lipinski definition) is 1. The molecule has 1 aliphatic heterocycles. The quantitative estimate of drug-likeness (QED) is 0.451. The zero-order valence-electron chi connectivity index (χ0n) is 9.48. The minimum Gasteiger partial charge on any atom is -0.413 e. The summed E-state index contributed by atoms with van der Waals surface area (Å²) in [7, 11) is -3.81.